The average molecular weight is 1050 g/mol. The maximum atomic E-state index is 14.5. The zero-order valence-electron chi connectivity index (χ0n) is 43.2. The number of hydrogen-bond acceptors (Lipinski definition) is 15. The Morgan fingerprint density at radius 2 is 1.75 bits per heavy atom. The molecule has 0 unspecified atom stereocenters. The molecule has 18 nitrogen and oxygen atoms in total. The number of fused-ring (bicyclic) bond motifs is 2. The maximum absolute atomic E-state index is 14.5. The number of carbonyl (C=O) groups is 1. The second kappa shape index (κ2) is 20.9. The second-order valence-corrected chi connectivity index (χ2v) is 24.1. The van der Waals surface area contributed by atoms with Gasteiger partial charge in [0.2, 0.25) is 0 Å². The molecule has 5 fully saturated rings. The van der Waals surface area contributed by atoms with Gasteiger partial charge < -0.3 is 39.3 Å². The van der Waals surface area contributed by atoms with Crippen LogP contribution in [0.25, 0.3) is 11.0 Å². The lowest BCUT2D eigenvalue weighted by Gasteiger charge is -2.56. The molecule has 3 saturated heterocycles. The van der Waals surface area contributed by atoms with Crippen LogP contribution in [0.4, 0.5) is 17.1 Å². The highest BCUT2D eigenvalue weighted by molar-refractivity contribution is 7.90. The van der Waals surface area contributed by atoms with E-state index in [0.717, 1.165) is 62.7 Å². The molecule has 2 saturated carbocycles. The minimum Gasteiger partial charge on any atom is -0.489 e. The number of hydrogen-bond donors (Lipinski definition) is 4. The van der Waals surface area contributed by atoms with Crippen molar-refractivity contribution >= 4 is 44.0 Å². The zero-order chi connectivity index (χ0) is 52.1. The van der Waals surface area contributed by atoms with Crippen LogP contribution in [0, 0.1) is 21.4 Å². The number of nitrogens with zero attached hydrogens (tertiary/aromatic N) is 5. The minimum absolute atomic E-state index is 0.00774. The van der Waals surface area contributed by atoms with Crippen LogP contribution < -0.4 is 29.1 Å². The Hall–Kier alpha value is -5.99. The fraction of sp³-hybridized carbons (Fsp3) is 0.536. The molecule has 0 bridgehead atoms. The number of piperidine rings is 1. The number of aliphatic hydroxyl groups is 1. The van der Waals surface area contributed by atoms with Gasteiger partial charge in [0, 0.05) is 80.3 Å². The van der Waals surface area contributed by atoms with Crippen molar-refractivity contribution < 1.29 is 42.2 Å². The SMILES string of the molecule is CC(C)c1ccccc1[C@@H]1CCCN1C1CC2(CCN(c3ccc(C(=O)NS(=O)(=O)c4cc5c(c([N+](=O)[O-])c4)N[C@@H](C4CCC(C)(O)CC4)CO5)c(Oc4cc5cc[nH]c5nc4OCCN4CCOCC4)c3)CC2)C1. The van der Waals surface area contributed by atoms with Crippen molar-refractivity contribution in [1.82, 2.24) is 24.5 Å². The molecule has 1 spiro atoms. The fourth-order valence-corrected chi connectivity index (χ4v) is 13.7. The summed E-state index contributed by atoms with van der Waals surface area (Å²) in [5, 5.41) is 27.1. The Morgan fingerprint density at radius 3 is 2.51 bits per heavy atom. The standard InChI is InChI=1S/C56H70N8O10S/c1-36(2)42-7-4-5-8-43(42)46-9-6-20-63(46)40-33-56(34-40)17-21-62(22-18-56)39-10-11-44(48(30-39)74-50-29-38-14-19-57-52(38)59-54(50)72-28-25-61-23-26-71-27-24-61)53(65)60-75(69,70)41-31-47(64(67)68)51-49(32-41)73-35-45(58-51)37-12-15-55(3,66)16-13-37/h4-5,7-8,10-11,14,19,29-32,36-37,40,45-46,58,66H,6,9,12-13,15-18,20-28,33-35H2,1-3H3,(H,57,59)(H,60,65)/t37?,45-,46+,55?/m1/s1. The van der Waals surface area contributed by atoms with Crippen LogP contribution in [0.3, 0.4) is 0 Å². The average Bonchev–Trinajstić information content (AvgIpc) is 4.08. The summed E-state index contributed by atoms with van der Waals surface area (Å²) < 4.78 is 55.2. The summed E-state index contributed by atoms with van der Waals surface area (Å²) in [6, 6.07) is 20.7. The first-order valence-electron chi connectivity index (χ1n) is 26.9. The van der Waals surface area contributed by atoms with Crippen molar-refractivity contribution in [3.05, 3.63) is 99.7 Å². The third-order valence-corrected chi connectivity index (χ3v) is 18.4. The van der Waals surface area contributed by atoms with Gasteiger partial charge in [-0.2, -0.15) is 4.98 Å². The van der Waals surface area contributed by atoms with Crippen LogP contribution in [-0.2, 0) is 14.8 Å². The highest BCUT2D eigenvalue weighted by Crippen LogP contribution is 2.54. The molecule has 2 atom stereocenters. The van der Waals surface area contributed by atoms with E-state index in [0.29, 0.717) is 75.7 Å². The van der Waals surface area contributed by atoms with E-state index in [2.05, 4.69) is 67.8 Å². The van der Waals surface area contributed by atoms with Crippen molar-refractivity contribution in [2.75, 3.05) is 75.9 Å². The van der Waals surface area contributed by atoms with Gasteiger partial charge in [0.1, 0.15) is 24.6 Å². The molecule has 5 aromatic rings. The molecule has 3 aromatic carbocycles. The molecule has 4 aliphatic heterocycles. The number of pyridine rings is 1. The van der Waals surface area contributed by atoms with Gasteiger partial charge in [-0.05, 0) is 130 Å². The largest absolute Gasteiger partial charge is 0.489 e. The first kappa shape index (κ1) is 51.1. The number of nitrogens with one attached hydrogen (secondary N) is 3. The molecular weight excluding hydrogens is 977 g/mol. The first-order chi connectivity index (χ1) is 36.1. The second-order valence-electron chi connectivity index (χ2n) is 22.4. The summed E-state index contributed by atoms with van der Waals surface area (Å²) in [5.74, 6) is 0.0821. The highest BCUT2D eigenvalue weighted by atomic mass is 32.2. The van der Waals surface area contributed by atoms with E-state index in [1.54, 1.807) is 24.4 Å². The van der Waals surface area contributed by atoms with Gasteiger partial charge in [0.25, 0.3) is 27.5 Å². The summed E-state index contributed by atoms with van der Waals surface area (Å²) in [6.45, 7) is 13.0. The van der Waals surface area contributed by atoms with Gasteiger partial charge >= 0.3 is 0 Å². The fourth-order valence-electron chi connectivity index (χ4n) is 12.7. The number of benzene rings is 3. The van der Waals surface area contributed by atoms with Gasteiger partial charge in [-0.1, -0.05) is 38.1 Å². The van der Waals surface area contributed by atoms with Crippen molar-refractivity contribution in [2.24, 2.45) is 11.3 Å². The van der Waals surface area contributed by atoms with E-state index in [-0.39, 0.29) is 58.4 Å². The van der Waals surface area contributed by atoms with Crippen LogP contribution >= 0.6 is 0 Å². The molecule has 11 rings (SSSR count). The Labute approximate surface area is 438 Å². The number of aromatic amines is 1. The summed E-state index contributed by atoms with van der Waals surface area (Å²) in [4.78, 5) is 41.1. The summed E-state index contributed by atoms with van der Waals surface area (Å²) in [7, 11) is -4.73. The lowest BCUT2D eigenvalue weighted by Crippen LogP contribution is -2.54. The quantitative estimate of drug-likeness (QED) is 0.0569. The summed E-state index contributed by atoms with van der Waals surface area (Å²) in [6.07, 6.45) is 11.2. The van der Waals surface area contributed by atoms with Crippen LogP contribution in [0.1, 0.15) is 118 Å². The number of nitro groups is 1. The minimum atomic E-state index is -4.73. The maximum Gasteiger partial charge on any atom is 0.297 e. The molecule has 2 aliphatic carbocycles. The lowest BCUT2D eigenvalue weighted by atomic mass is 9.59. The topological polar surface area (TPSA) is 214 Å². The normalized spacial score (nSPS) is 24.3. The number of rotatable bonds is 15. The number of amides is 1. The third-order valence-electron chi connectivity index (χ3n) is 17.1. The van der Waals surface area contributed by atoms with Gasteiger partial charge in [-0.15, -0.1) is 0 Å². The van der Waals surface area contributed by atoms with Crippen LogP contribution in [-0.4, -0.2) is 128 Å². The molecule has 19 heteroatoms. The number of H-pyrrole nitrogens is 1. The van der Waals surface area contributed by atoms with Crippen molar-refractivity contribution in [1.29, 1.82) is 0 Å². The molecule has 75 heavy (non-hydrogen) atoms. The molecule has 6 heterocycles. The molecule has 0 radical (unpaired) electrons. The van der Waals surface area contributed by atoms with Gasteiger partial charge in [-0.3, -0.25) is 24.7 Å². The molecule has 400 valence electrons. The number of anilines is 2. The number of ether oxygens (including phenoxy) is 4. The predicted octanol–water partition coefficient (Wildman–Crippen LogP) is 8.92. The van der Waals surface area contributed by atoms with E-state index in [4.69, 9.17) is 23.9 Å². The lowest BCUT2D eigenvalue weighted by molar-refractivity contribution is -0.384. The van der Waals surface area contributed by atoms with Crippen LogP contribution in [0.2, 0.25) is 0 Å². The number of morpholine rings is 1. The number of sulfonamides is 1. The molecular formula is C56H70N8O10S. The van der Waals surface area contributed by atoms with Crippen molar-refractivity contribution in [3.8, 4) is 23.1 Å². The monoisotopic (exact) mass is 1050 g/mol. The van der Waals surface area contributed by atoms with Crippen LogP contribution in [0.15, 0.2) is 77.8 Å². The van der Waals surface area contributed by atoms with E-state index in [1.165, 1.54) is 42.9 Å². The summed E-state index contributed by atoms with van der Waals surface area (Å²) >= 11 is 0. The molecule has 2 aromatic heterocycles. The van der Waals surface area contributed by atoms with E-state index < -0.39 is 37.0 Å². The molecule has 1 amide bonds. The van der Waals surface area contributed by atoms with Gasteiger partial charge in [0.15, 0.2) is 17.2 Å². The Balaban J connectivity index is 0.839. The Bertz CT molecular complexity index is 3020. The molecule has 6 aliphatic rings. The Morgan fingerprint density at radius 1 is 0.973 bits per heavy atom. The van der Waals surface area contributed by atoms with E-state index in [1.807, 2.05) is 19.1 Å². The van der Waals surface area contributed by atoms with E-state index in [9.17, 15) is 28.4 Å². The number of nitro benzene ring substituents is 1. The third kappa shape index (κ3) is 10.8. The van der Waals surface area contributed by atoms with Gasteiger partial charge in [0.05, 0.1) is 40.2 Å². The first-order valence-corrected chi connectivity index (χ1v) is 28.4. The zero-order valence-corrected chi connectivity index (χ0v) is 44.0. The Kier molecular flexibility index (Phi) is 14.2. The van der Waals surface area contributed by atoms with Gasteiger partial charge in [-0.25, -0.2) is 13.1 Å². The highest BCUT2D eigenvalue weighted by Gasteiger charge is 2.50. The van der Waals surface area contributed by atoms with Crippen molar-refractivity contribution in [2.45, 2.75) is 120 Å². The number of aromatic nitrogens is 2. The van der Waals surface area contributed by atoms with Crippen molar-refractivity contribution in [3.63, 3.8) is 0 Å². The van der Waals surface area contributed by atoms with Crippen LogP contribution in [0.5, 0.6) is 23.1 Å². The smallest absolute Gasteiger partial charge is 0.297 e. The van der Waals surface area contributed by atoms with E-state index >= 15 is 0 Å². The predicted molar refractivity (Wildman–Crippen MR) is 285 cm³/mol. The summed E-state index contributed by atoms with van der Waals surface area (Å²) in [5.41, 5.74) is 3.34. The number of likely N-dealkylation sites (tertiary alicyclic amines) is 1. The molecule has 4 N–H and O–H groups in total. The number of carbonyl (C=O) groups excluding carboxylic acids is 1.